The van der Waals surface area contributed by atoms with Gasteiger partial charge in [0.2, 0.25) is 0 Å². The van der Waals surface area contributed by atoms with E-state index < -0.39 is 0 Å². The fourth-order valence-corrected chi connectivity index (χ4v) is 2.11. The molecule has 5 heteroatoms. The predicted octanol–water partition coefficient (Wildman–Crippen LogP) is 3.57. The number of aryl methyl sites for hydroxylation is 1. The molecule has 0 bridgehead atoms. The van der Waals surface area contributed by atoms with Gasteiger partial charge in [-0.25, -0.2) is 0 Å². The lowest BCUT2D eigenvalue weighted by molar-refractivity contribution is -0.384. The van der Waals surface area contributed by atoms with Crippen molar-refractivity contribution in [3.8, 4) is 5.75 Å². The summed E-state index contributed by atoms with van der Waals surface area (Å²) >= 11 is 0. The first-order valence-electron chi connectivity index (χ1n) is 6.71. The maximum absolute atomic E-state index is 10.8. The minimum absolute atomic E-state index is 0.113. The van der Waals surface area contributed by atoms with E-state index in [2.05, 4.69) is 5.32 Å². The Kier molecular flexibility index (Phi) is 4.77. The Morgan fingerprint density at radius 1 is 1.19 bits per heavy atom. The number of nitrogens with one attached hydrogen (secondary N) is 1. The molecule has 0 heterocycles. The van der Waals surface area contributed by atoms with E-state index in [-0.39, 0.29) is 10.6 Å². The second-order valence-corrected chi connectivity index (χ2v) is 4.84. The molecule has 21 heavy (non-hydrogen) atoms. The van der Waals surface area contributed by atoms with Gasteiger partial charge in [0.25, 0.3) is 5.69 Å². The Labute approximate surface area is 123 Å². The molecule has 0 saturated heterocycles. The van der Waals surface area contributed by atoms with Crippen molar-refractivity contribution >= 4 is 11.4 Å². The molecule has 2 rings (SSSR count). The van der Waals surface area contributed by atoms with Gasteiger partial charge in [0.15, 0.2) is 0 Å². The Morgan fingerprint density at radius 3 is 2.52 bits per heavy atom. The summed E-state index contributed by atoms with van der Waals surface area (Å²) in [6, 6.07) is 12.9. The van der Waals surface area contributed by atoms with Crippen molar-refractivity contribution in [1.29, 1.82) is 0 Å². The van der Waals surface area contributed by atoms with Crippen LogP contribution in [0.5, 0.6) is 5.75 Å². The van der Waals surface area contributed by atoms with Crippen LogP contribution in [0.4, 0.5) is 11.4 Å². The topological polar surface area (TPSA) is 64.4 Å². The summed E-state index contributed by atoms with van der Waals surface area (Å²) < 4.78 is 5.11. The molecule has 0 amide bonds. The number of nitro benzene ring substituents is 1. The van der Waals surface area contributed by atoms with Gasteiger partial charge < -0.3 is 10.1 Å². The van der Waals surface area contributed by atoms with Crippen LogP contribution in [0, 0.1) is 17.0 Å². The second-order valence-electron chi connectivity index (χ2n) is 4.84. The number of hydrogen-bond donors (Lipinski definition) is 1. The van der Waals surface area contributed by atoms with Gasteiger partial charge in [-0.1, -0.05) is 12.1 Å². The maximum Gasteiger partial charge on any atom is 0.271 e. The Balaban J connectivity index is 1.95. The van der Waals surface area contributed by atoms with Gasteiger partial charge in [-0.3, -0.25) is 10.1 Å². The molecule has 0 aliphatic heterocycles. The van der Waals surface area contributed by atoms with Crippen LogP contribution in [0.3, 0.4) is 0 Å². The standard InChI is InChI=1S/C16H18N2O3/c1-12-9-14(11-15(10-12)18(19)20)17-8-7-13-3-5-16(21-2)6-4-13/h3-6,9-11,17H,7-8H2,1-2H3. The van der Waals surface area contributed by atoms with E-state index >= 15 is 0 Å². The summed E-state index contributed by atoms with van der Waals surface area (Å²) in [6.45, 7) is 2.56. The zero-order chi connectivity index (χ0) is 15.2. The number of nitro groups is 1. The van der Waals surface area contributed by atoms with E-state index in [1.165, 1.54) is 5.56 Å². The number of hydrogen-bond acceptors (Lipinski definition) is 4. The van der Waals surface area contributed by atoms with E-state index in [4.69, 9.17) is 4.74 Å². The molecule has 0 aromatic heterocycles. The fourth-order valence-electron chi connectivity index (χ4n) is 2.11. The Morgan fingerprint density at radius 2 is 1.90 bits per heavy atom. The van der Waals surface area contributed by atoms with Crippen LogP contribution in [-0.4, -0.2) is 18.6 Å². The SMILES string of the molecule is COc1ccc(CCNc2cc(C)cc([N+](=O)[O-])c2)cc1. The van der Waals surface area contributed by atoms with E-state index in [0.717, 1.165) is 23.4 Å². The number of non-ortho nitro benzene ring substituents is 1. The first kappa shape index (κ1) is 14.8. The summed E-state index contributed by atoms with van der Waals surface area (Å²) in [5.41, 5.74) is 2.94. The molecular formula is C16H18N2O3. The summed E-state index contributed by atoms with van der Waals surface area (Å²) in [4.78, 5) is 10.5. The molecular weight excluding hydrogens is 268 g/mol. The third-order valence-electron chi connectivity index (χ3n) is 3.17. The fraction of sp³-hybridized carbons (Fsp3) is 0.250. The zero-order valence-corrected chi connectivity index (χ0v) is 12.1. The second kappa shape index (κ2) is 6.74. The average molecular weight is 286 g/mol. The quantitative estimate of drug-likeness (QED) is 0.651. The third kappa shape index (κ3) is 4.21. The molecule has 5 nitrogen and oxygen atoms in total. The predicted molar refractivity (Wildman–Crippen MR) is 83.0 cm³/mol. The summed E-state index contributed by atoms with van der Waals surface area (Å²) in [5.74, 6) is 0.834. The molecule has 0 spiro atoms. The number of anilines is 1. The largest absolute Gasteiger partial charge is 0.497 e. The molecule has 110 valence electrons. The van der Waals surface area contributed by atoms with Crippen molar-refractivity contribution in [3.05, 3.63) is 63.7 Å². The minimum atomic E-state index is -0.373. The average Bonchev–Trinajstić information content (AvgIpc) is 2.47. The van der Waals surface area contributed by atoms with Gasteiger partial charge in [0, 0.05) is 24.4 Å². The molecule has 2 aromatic carbocycles. The highest BCUT2D eigenvalue weighted by atomic mass is 16.6. The van der Waals surface area contributed by atoms with Crippen LogP contribution in [0.2, 0.25) is 0 Å². The lowest BCUT2D eigenvalue weighted by Gasteiger charge is -2.08. The highest BCUT2D eigenvalue weighted by molar-refractivity contribution is 5.53. The normalized spacial score (nSPS) is 10.2. The smallest absolute Gasteiger partial charge is 0.271 e. The minimum Gasteiger partial charge on any atom is -0.497 e. The summed E-state index contributed by atoms with van der Waals surface area (Å²) in [7, 11) is 1.64. The van der Waals surface area contributed by atoms with Crippen LogP contribution >= 0.6 is 0 Å². The van der Waals surface area contributed by atoms with Crippen LogP contribution in [-0.2, 0) is 6.42 Å². The highest BCUT2D eigenvalue weighted by Crippen LogP contribution is 2.20. The molecule has 2 aromatic rings. The number of rotatable bonds is 6. The van der Waals surface area contributed by atoms with Gasteiger partial charge in [-0.15, -0.1) is 0 Å². The van der Waals surface area contributed by atoms with Crippen molar-refractivity contribution in [2.75, 3.05) is 19.0 Å². The molecule has 0 fully saturated rings. The number of methoxy groups -OCH3 is 1. The van der Waals surface area contributed by atoms with Crippen molar-refractivity contribution in [1.82, 2.24) is 0 Å². The number of ether oxygens (including phenoxy) is 1. The molecule has 0 aliphatic rings. The van der Waals surface area contributed by atoms with E-state index in [1.54, 1.807) is 19.2 Å². The highest BCUT2D eigenvalue weighted by Gasteiger charge is 2.07. The summed E-state index contributed by atoms with van der Waals surface area (Å²) in [6.07, 6.45) is 0.839. The van der Waals surface area contributed by atoms with Gasteiger partial charge in [-0.2, -0.15) is 0 Å². The van der Waals surface area contributed by atoms with Gasteiger partial charge >= 0.3 is 0 Å². The number of nitrogens with zero attached hydrogens (tertiary/aromatic N) is 1. The van der Waals surface area contributed by atoms with E-state index in [1.807, 2.05) is 37.3 Å². The van der Waals surface area contributed by atoms with Crippen molar-refractivity contribution < 1.29 is 9.66 Å². The van der Waals surface area contributed by atoms with Crippen LogP contribution in [0.1, 0.15) is 11.1 Å². The van der Waals surface area contributed by atoms with Crippen LogP contribution < -0.4 is 10.1 Å². The lowest BCUT2D eigenvalue weighted by atomic mass is 10.1. The maximum atomic E-state index is 10.8. The van der Waals surface area contributed by atoms with Gasteiger partial charge in [0.1, 0.15) is 5.75 Å². The molecule has 1 N–H and O–H groups in total. The van der Waals surface area contributed by atoms with E-state index in [0.29, 0.717) is 6.54 Å². The van der Waals surface area contributed by atoms with Crippen molar-refractivity contribution in [2.24, 2.45) is 0 Å². The first-order valence-corrected chi connectivity index (χ1v) is 6.71. The molecule has 0 unspecified atom stereocenters. The first-order chi connectivity index (χ1) is 10.1. The number of benzene rings is 2. The lowest BCUT2D eigenvalue weighted by Crippen LogP contribution is -2.05. The van der Waals surface area contributed by atoms with Crippen LogP contribution in [0.15, 0.2) is 42.5 Å². The van der Waals surface area contributed by atoms with Gasteiger partial charge in [-0.05, 0) is 42.7 Å². The van der Waals surface area contributed by atoms with Crippen LogP contribution in [0.25, 0.3) is 0 Å². The molecule has 0 atom stereocenters. The molecule has 0 saturated carbocycles. The molecule has 0 aliphatic carbocycles. The summed E-state index contributed by atoms with van der Waals surface area (Å²) in [5, 5.41) is 14.0. The van der Waals surface area contributed by atoms with Gasteiger partial charge in [0.05, 0.1) is 12.0 Å². The van der Waals surface area contributed by atoms with E-state index in [9.17, 15) is 10.1 Å². The Bertz CT molecular complexity index is 624. The zero-order valence-electron chi connectivity index (χ0n) is 12.1. The van der Waals surface area contributed by atoms with Crippen molar-refractivity contribution in [3.63, 3.8) is 0 Å². The van der Waals surface area contributed by atoms with Crippen molar-refractivity contribution in [2.45, 2.75) is 13.3 Å². The molecule has 0 radical (unpaired) electrons. The third-order valence-corrected chi connectivity index (χ3v) is 3.17. The Hall–Kier alpha value is -2.56. The monoisotopic (exact) mass is 286 g/mol.